The second-order valence-electron chi connectivity index (χ2n) is 5.04. The quantitative estimate of drug-likeness (QED) is 0.441. The third-order valence-corrected chi connectivity index (χ3v) is 4.95. The van der Waals surface area contributed by atoms with Gasteiger partial charge in [0.2, 0.25) is 0 Å². The van der Waals surface area contributed by atoms with Gasteiger partial charge in [0.15, 0.2) is 15.8 Å². The maximum Gasteiger partial charge on any atom is 0.191 e. The molecule has 0 bridgehead atoms. The Balaban J connectivity index is 1.80. The number of pyridine rings is 1. The highest BCUT2D eigenvalue weighted by atomic mass is 32.2. The first-order chi connectivity index (χ1) is 10.6. The number of hydrogen-bond acceptors (Lipinski definition) is 5. The number of aromatic nitrogens is 1. The molecule has 0 amide bonds. The minimum Gasteiger partial charge on any atom is -0.490 e. The van der Waals surface area contributed by atoms with Crippen LogP contribution in [0.5, 0.6) is 5.75 Å². The Labute approximate surface area is 131 Å². The highest BCUT2D eigenvalue weighted by molar-refractivity contribution is 7.91. The van der Waals surface area contributed by atoms with E-state index in [4.69, 9.17) is 4.74 Å². The molecule has 0 radical (unpaired) electrons. The number of nitrogens with one attached hydrogen (secondary N) is 2. The van der Waals surface area contributed by atoms with E-state index < -0.39 is 9.84 Å². The molecule has 0 aromatic carbocycles. The van der Waals surface area contributed by atoms with Crippen molar-refractivity contribution in [3.63, 3.8) is 0 Å². The van der Waals surface area contributed by atoms with Crippen LogP contribution in [0.2, 0.25) is 0 Å². The van der Waals surface area contributed by atoms with Crippen molar-refractivity contribution < 1.29 is 13.2 Å². The van der Waals surface area contributed by atoms with Crippen LogP contribution in [0.25, 0.3) is 0 Å². The van der Waals surface area contributed by atoms with Gasteiger partial charge in [0.05, 0.1) is 24.2 Å². The summed E-state index contributed by atoms with van der Waals surface area (Å²) < 4.78 is 28.5. The Hall–Kier alpha value is -1.83. The van der Waals surface area contributed by atoms with E-state index in [1.54, 1.807) is 12.4 Å². The van der Waals surface area contributed by atoms with Crippen LogP contribution in [0, 0.1) is 0 Å². The molecule has 1 aliphatic rings. The largest absolute Gasteiger partial charge is 0.490 e. The standard InChI is InChI=1S/C14H22N4O3S/c1-2-16-14(18-12-5-9-22(19,20)11-12)17-7-8-21-13-4-3-6-15-10-13/h3-4,6,10,12H,2,5,7-9,11H2,1H3,(H2,16,17,18). The zero-order valence-electron chi connectivity index (χ0n) is 12.7. The molecular formula is C14H22N4O3S. The van der Waals surface area contributed by atoms with Crippen LogP contribution in [-0.4, -0.2) is 56.6 Å². The first-order valence-electron chi connectivity index (χ1n) is 7.37. The van der Waals surface area contributed by atoms with Crippen LogP contribution in [0.1, 0.15) is 13.3 Å². The van der Waals surface area contributed by atoms with Crippen molar-refractivity contribution in [2.75, 3.05) is 31.2 Å². The third kappa shape index (κ3) is 5.51. The monoisotopic (exact) mass is 326 g/mol. The average Bonchev–Trinajstić information content (AvgIpc) is 2.84. The van der Waals surface area contributed by atoms with Gasteiger partial charge in [-0.1, -0.05) is 0 Å². The maximum absolute atomic E-state index is 11.5. The van der Waals surface area contributed by atoms with Crippen LogP contribution in [0.3, 0.4) is 0 Å². The number of nitrogens with zero attached hydrogens (tertiary/aromatic N) is 2. The summed E-state index contributed by atoms with van der Waals surface area (Å²) in [5.74, 6) is 1.74. The molecule has 1 aromatic rings. The molecule has 2 N–H and O–H groups in total. The minimum absolute atomic E-state index is 0.0676. The number of sulfone groups is 1. The van der Waals surface area contributed by atoms with Crippen LogP contribution < -0.4 is 15.4 Å². The first-order valence-corrected chi connectivity index (χ1v) is 9.19. The number of aliphatic imine (C=N–C) groups is 1. The lowest BCUT2D eigenvalue weighted by molar-refractivity contribution is 0.327. The van der Waals surface area contributed by atoms with Crippen LogP contribution >= 0.6 is 0 Å². The van der Waals surface area contributed by atoms with Gasteiger partial charge in [-0.25, -0.2) is 13.4 Å². The molecule has 2 heterocycles. The molecule has 0 aliphatic carbocycles. The molecular weight excluding hydrogens is 304 g/mol. The lowest BCUT2D eigenvalue weighted by Crippen LogP contribution is -2.44. The number of guanidine groups is 1. The molecule has 1 aliphatic heterocycles. The molecule has 0 spiro atoms. The second-order valence-corrected chi connectivity index (χ2v) is 7.27. The van der Waals surface area contributed by atoms with Gasteiger partial charge in [0.1, 0.15) is 12.4 Å². The molecule has 1 unspecified atom stereocenters. The molecule has 22 heavy (non-hydrogen) atoms. The van der Waals surface area contributed by atoms with Crippen molar-refractivity contribution >= 4 is 15.8 Å². The van der Waals surface area contributed by atoms with E-state index in [0.717, 1.165) is 6.54 Å². The van der Waals surface area contributed by atoms with Gasteiger partial charge in [-0.05, 0) is 25.5 Å². The predicted molar refractivity (Wildman–Crippen MR) is 85.9 cm³/mol. The third-order valence-electron chi connectivity index (χ3n) is 3.18. The molecule has 122 valence electrons. The maximum atomic E-state index is 11.5. The van der Waals surface area contributed by atoms with Crippen molar-refractivity contribution in [1.29, 1.82) is 0 Å². The average molecular weight is 326 g/mol. The molecule has 1 atom stereocenters. The van der Waals surface area contributed by atoms with Crippen molar-refractivity contribution in [2.45, 2.75) is 19.4 Å². The smallest absolute Gasteiger partial charge is 0.191 e. The van der Waals surface area contributed by atoms with Gasteiger partial charge in [0, 0.05) is 18.8 Å². The summed E-state index contributed by atoms with van der Waals surface area (Å²) in [7, 11) is -2.89. The van der Waals surface area contributed by atoms with Crippen molar-refractivity contribution in [1.82, 2.24) is 15.6 Å². The summed E-state index contributed by atoms with van der Waals surface area (Å²) in [6.07, 6.45) is 3.96. The Kier molecular flexibility index (Phi) is 6.00. The zero-order valence-corrected chi connectivity index (χ0v) is 13.5. The Morgan fingerprint density at radius 1 is 1.55 bits per heavy atom. The second kappa shape index (κ2) is 7.98. The van der Waals surface area contributed by atoms with E-state index >= 15 is 0 Å². The number of rotatable bonds is 6. The predicted octanol–water partition coefficient (Wildman–Crippen LogP) is 0.203. The van der Waals surface area contributed by atoms with Gasteiger partial charge < -0.3 is 15.4 Å². The zero-order chi connectivity index (χ0) is 15.8. The SMILES string of the molecule is CCNC(=NCCOc1cccnc1)NC1CCS(=O)(=O)C1. The van der Waals surface area contributed by atoms with E-state index in [0.29, 0.717) is 31.3 Å². The number of ether oxygens (including phenoxy) is 1. The lowest BCUT2D eigenvalue weighted by Gasteiger charge is -2.15. The van der Waals surface area contributed by atoms with E-state index in [2.05, 4.69) is 20.6 Å². The van der Waals surface area contributed by atoms with Crippen LogP contribution in [-0.2, 0) is 9.84 Å². The van der Waals surface area contributed by atoms with Gasteiger partial charge in [0.25, 0.3) is 0 Å². The van der Waals surface area contributed by atoms with Crippen molar-refractivity contribution in [3.05, 3.63) is 24.5 Å². The molecule has 1 aromatic heterocycles. The van der Waals surface area contributed by atoms with E-state index in [-0.39, 0.29) is 17.5 Å². The summed E-state index contributed by atoms with van der Waals surface area (Å²) in [6, 6.07) is 3.58. The first kappa shape index (κ1) is 16.5. The van der Waals surface area contributed by atoms with Gasteiger partial charge in [-0.2, -0.15) is 0 Å². The van der Waals surface area contributed by atoms with Gasteiger partial charge in [-0.3, -0.25) is 4.98 Å². The number of hydrogen-bond donors (Lipinski definition) is 2. The van der Waals surface area contributed by atoms with E-state index in [9.17, 15) is 8.42 Å². The lowest BCUT2D eigenvalue weighted by atomic mass is 10.3. The summed E-state index contributed by atoms with van der Waals surface area (Å²) in [4.78, 5) is 8.36. The topological polar surface area (TPSA) is 92.7 Å². The Bertz CT molecular complexity index is 589. The highest BCUT2D eigenvalue weighted by Crippen LogP contribution is 2.11. The summed E-state index contributed by atoms with van der Waals surface area (Å²) in [5, 5.41) is 6.27. The molecule has 1 fully saturated rings. The Morgan fingerprint density at radius 2 is 2.41 bits per heavy atom. The normalized spacial score (nSPS) is 20.6. The fourth-order valence-electron chi connectivity index (χ4n) is 2.18. The molecule has 1 saturated heterocycles. The van der Waals surface area contributed by atoms with Crippen LogP contribution in [0.15, 0.2) is 29.5 Å². The Morgan fingerprint density at radius 3 is 3.05 bits per heavy atom. The van der Waals surface area contributed by atoms with Gasteiger partial charge in [-0.15, -0.1) is 0 Å². The van der Waals surface area contributed by atoms with Crippen molar-refractivity contribution in [3.8, 4) is 5.75 Å². The molecule has 0 saturated carbocycles. The van der Waals surface area contributed by atoms with Crippen LogP contribution in [0.4, 0.5) is 0 Å². The van der Waals surface area contributed by atoms with E-state index in [1.165, 1.54) is 0 Å². The summed E-state index contributed by atoms with van der Waals surface area (Å²) in [5.41, 5.74) is 0. The van der Waals surface area contributed by atoms with E-state index in [1.807, 2.05) is 19.1 Å². The highest BCUT2D eigenvalue weighted by Gasteiger charge is 2.28. The van der Waals surface area contributed by atoms with Gasteiger partial charge >= 0.3 is 0 Å². The van der Waals surface area contributed by atoms with Crippen molar-refractivity contribution in [2.24, 2.45) is 4.99 Å². The molecule has 7 nitrogen and oxygen atoms in total. The molecule has 2 rings (SSSR count). The summed E-state index contributed by atoms with van der Waals surface area (Å²) >= 11 is 0. The fraction of sp³-hybridized carbons (Fsp3) is 0.571. The fourth-order valence-corrected chi connectivity index (χ4v) is 3.85. The minimum atomic E-state index is -2.89. The summed E-state index contributed by atoms with van der Waals surface area (Å²) in [6.45, 7) is 3.60. The molecule has 8 heteroatoms.